The molecule has 1 atom stereocenters. The lowest BCUT2D eigenvalue weighted by Gasteiger charge is -2.30. The number of nitro benzene ring substituents is 1. The van der Waals surface area contributed by atoms with E-state index in [0.717, 1.165) is 13.2 Å². The second kappa shape index (κ2) is 6.44. The summed E-state index contributed by atoms with van der Waals surface area (Å²) in [4.78, 5) is 34.0. The lowest BCUT2D eigenvalue weighted by atomic mass is 9.94. The van der Waals surface area contributed by atoms with Gasteiger partial charge in [0, 0.05) is 5.70 Å². The van der Waals surface area contributed by atoms with Crippen molar-refractivity contribution in [3.05, 3.63) is 39.1 Å². The Morgan fingerprint density at radius 1 is 1.33 bits per heavy atom. The number of rotatable bonds is 4. The van der Waals surface area contributed by atoms with Crippen LogP contribution in [-0.4, -0.2) is 31.1 Å². The predicted molar refractivity (Wildman–Crippen MR) is 78.2 cm³/mol. The van der Waals surface area contributed by atoms with Crippen LogP contribution < -0.4 is 20.5 Å². The highest BCUT2D eigenvalue weighted by atomic mass is 16.6. The highest BCUT2D eigenvalue weighted by Gasteiger charge is 2.33. The van der Waals surface area contributed by atoms with E-state index in [4.69, 9.17) is 4.74 Å². The second-order valence-electron chi connectivity index (χ2n) is 4.88. The van der Waals surface area contributed by atoms with Gasteiger partial charge in [0.05, 0.1) is 36.8 Å². The first-order chi connectivity index (χ1) is 11.3. The molecular formula is C14H14N3O7-. The molecule has 24 heavy (non-hydrogen) atoms. The van der Waals surface area contributed by atoms with E-state index in [1.165, 1.54) is 20.1 Å². The molecule has 2 amide bonds. The van der Waals surface area contributed by atoms with Gasteiger partial charge in [-0.3, -0.25) is 10.1 Å². The highest BCUT2D eigenvalue weighted by Crippen LogP contribution is 2.39. The number of carbonyl (C=O) groups is 2. The maximum atomic E-state index is 12.4. The van der Waals surface area contributed by atoms with E-state index in [9.17, 15) is 24.8 Å². The van der Waals surface area contributed by atoms with Crippen LogP contribution >= 0.6 is 0 Å². The summed E-state index contributed by atoms with van der Waals surface area (Å²) in [6.07, 6.45) is 0. The van der Waals surface area contributed by atoms with Crippen LogP contribution in [0.1, 0.15) is 18.5 Å². The van der Waals surface area contributed by atoms with Crippen LogP contribution in [0.5, 0.6) is 11.5 Å². The topological polar surface area (TPSA) is 143 Å². The van der Waals surface area contributed by atoms with Crippen molar-refractivity contribution >= 4 is 17.7 Å². The van der Waals surface area contributed by atoms with Crippen molar-refractivity contribution in [1.82, 2.24) is 10.6 Å². The number of carbonyl (C=O) groups excluding carboxylic acids is 2. The lowest BCUT2D eigenvalue weighted by molar-refractivity contribution is -0.398. The van der Waals surface area contributed by atoms with E-state index >= 15 is 0 Å². The van der Waals surface area contributed by atoms with Gasteiger partial charge in [0.15, 0.2) is 0 Å². The SMILES string of the molecule is COC(=O)C1=C(C)NC(=O)N[C@@H]1c1cc(OC)cc([N+](=O)[O-])c1[O-]. The summed E-state index contributed by atoms with van der Waals surface area (Å²) >= 11 is 0. The molecule has 1 heterocycles. The van der Waals surface area contributed by atoms with Crippen molar-refractivity contribution in [1.29, 1.82) is 0 Å². The predicted octanol–water partition coefficient (Wildman–Crippen LogP) is 0.478. The number of nitro groups is 1. The van der Waals surface area contributed by atoms with Gasteiger partial charge in [0.1, 0.15) is 5.75 Å². The summed E-state index contributed by atoms with van der Waals surface area (Å²) < 4.78 is 9.63. The number of benzene rings is 1. The van der Waals surface area contributed by atoms with Crippen LogP contribution in [0.2, 0.25) is 0 Å². The summed E-state index contributed by atoms with van der Waals surface area (Å²) in [6, 6.07) is 0.354. The van der Waals surface area contributed by atoms with Gasteiger partial charge in [-0.1, -0.05) is 0 Å². The van der Waals surface area contributed by atoms with Gasteiger partial charge in [-0.2, -0.15) is 0 Å². The quantitative estimate of drug-likeness (QED) is 0.462. The Balaban J connectivity index is 2.70. The van der Waals surface area contributed by atoms with Gasteiger partial charge in [-0.05, 0) is 24.3 Å². The Morgan fingerprint density at radius 3 is 2.54 bits per heavy atom. The zero-order valence-electron chi connectivity index (χ0n) is 13.0. The number of hydrogen-bond acceptors (Lipinski definition) is 7. The third kappa shape index (κ3) is 2.93. The van der Waals surface area contributed by atoms with E-state index in [1.807, 2.05) is 0 Å². The number of ether oxygens (including phenoxy) is 2. The van der Waals surface area contributed by atoms with Crippen molar-refractivity contribution in [2.75, 3.05) is 14.2 Å². The Labute approximate surface area is 136 Å². The average Bonchev–Trinajstić information content (AvgIpc) is 2.53. The Morgan fingerprint density at radius 2 is 2.00 bits per heavy atom. The van der Waals surface area contributed by atoms with Gasteiger partial charge in [-0.15, -0.1) is 0 Å². The molecule has 1 aliphatic rings. The summed E-state index contributed by atoms with van der Waals surface area (Å²) in [7, 11) is 2.42. The van der Waals surface area contributed by atoms with E-state index in [0.29, 0.717) is 0 Å². The number of allylic oxidation sites excluding steroid dienone is 1. The van der Waals surface area contributed by atoms with Crippen LogP contribution in [0.25, 0.3) is 0 Å². The molecule has 0 aromatic heterocycles. The zero-order valence-corrected chi connectivity index (χ0v) is 13.0. The van der Waals surface area contributed by atoms with Gasteiger partial charge in [0.25, 0.3) is 5.69 Å². The van der Waals surface area contributed by atoms with Crippen molar-refractivity contribution in [2.45, 2.75) is 13.0 Å². The average molecular weight is 336 g/mol. The number of esters is 1. The minimum Gasteiger partial charge on any atom is -0.868 e. The third-order valence-electron chi connectivity index (χ3n) is 3.49. The summed E-state index contributed by atoms with van der Waals surface area (Å²) in [5.41, 5.74) is -0.744. The molecule has 10 nitrogen and oxygen atoms in total. The van der Waals surface area contributed by atoms with Gasteiger partial charge < -0.3 is 25.2 Å². The minimum absolute atomic E-state index is 0.0308. The van der Waals surface area contributed by atoms with Crippen LogP contribution in [0.3, 0.4) is 0 Å². The second-order valence-corrected chi connectivity index (χ2v) is 4.88. The lowest BCUT2D eigenvalue weighted by Crippen LogP contribution is -2.45. The molecule has 10 heteroatoms. The molecule has 1 aliphatic heterocycles. The van der Waals surface area contributed by atoms with Gasteiger partial charge in [-0.25, -0.2) is 9.59 Å². The number of nitrogens with zero attached hydrogens (tertiary/aromatic N) is 1. The maximum Gasteiger partial charge on any atom is 0.337 e. The summed E-state index contributed by atoms with van der Waals surface area (Å²) in [5, 5.41) is 28.3. The van der Waals surface area contributed by atoms with E-state index < -0.39 is 34.4 Å². The molecule has 2 rings (SSSR count). The van der Waals surface area contributed by atoms with Crippen molar-refractivity contribution in [3.63, 3.8) is 0 Å². The molecule has 0 aliphatic carbocycles. The number of nitrogens with one attached hydrogen (secondary N) is 2. The molecule has 128 valence electrons. The molecule has 1 aromatic rings. The van der Waals surface area contributed by atoms with Gasteiger partial charge in [0.2, 0.25) is 0 Å². The Hall–Kier alpha value is -3.30. The minimum atomic E-state index is -1.20. The smallest absolute Gasteiger partial charge is 0.337 e. The Bertz CT molecular complexity index is 757. The monoisotopic (exact) mass is 336 g/mol. The Kier molecular flexibility index (Phi) is 4.58. The van der Waals surface area contributed by atoms with Crippen molar-refractivity contribution < 1.29 is 29.1 Å². The fourth-order valence-electron chi connectivity index (χ4n) is 2.38. The number of urea groups is 1. The molecule has 0 radical (unpaired) electrons. The molecule has 0 bridgehead atoms. The van der Waals surface area contributed by atoms with E-state index in [2.05, 4.69) is 15.4 Å². The van der Waals surface area contributed by atoms with E-state index in [-0.39, 0.29) is 22.6 Å². The number of amides is 2. The van der Waals surface area contributed by atoms with Crippen LogP contribution in [-0.2, 0) is 9.53 Å². The number of methoxy groups -OCH3 is 2. The number of hydrogen-bond donors (Lipinski definition) is 2. The van der Waals surface area contributed by atoms with Crippen LogP contribution in [0, 0.1) is 10.1 Å². The first-order valence-electron chi connectivity index (χ1n) is 6.70. The standard InChI is InChI=1S/C14H15N3O7/c1-6-10(13(19)24-3)11(16-14(20)15-6)8-4-7(23-2)5-9(12(8)18)17(21)22/h4-5,11,18H,1-3H3,(H2,15,16,20)/p-1/t11-/m1/s1. The van der Waals surface area contributed by atoms with Crippen molar-refractivity contribution in [2.24, 2.45) is 0 Å². The molecule has 0 saturated heterocycles. The first kappa shape index (κ1) is 17.1. The first-order valence-corrected chi connectivity index (χ1v) is 6.70. The fourth-order valence-corrected chi connectivity index (χ4v) is 2.38. The highest BCUT2D eigenvalue weighted by molar-refractivity contribution is 5.95. The molecule has 2 N–H and O–H groups in total. The fraction of sp³-hybridized carbons (Fsp3) is 0.286. The zero-order chi connectivity index (χ0) is 18.0. The molecule has 1 aromatic carbocycles. The van der Waals surface area contributed by atoms with Crippen molar-refractivity contribution in [3.8, 4) is 11.5 Å². The molecule has 0 spiro atoms. The molecule has 0 fully saturated rings. The normalized spacial score (nSPS) is 17.0. The summed E-state index contributed by atoms with van der Waals surface area (Å²) in [5.74, 6) is -1.66. The largest absolute Gasteiger partial charge is 0.868 e. The maximum absolute atomic E-state index is 12.4. The molecular weight excluding hydrogens is 322 g/mol. The molecule has 0 unspecified atom stereocenters. The third-order valence-corrected chi connectivity index (χ3v) is 3.49. The van der Waals surface area contributed by atoms with Crippen LogP contribution in [0.4, 0.5) is 10.5 Å². The molecule has 0 saturated carbocycles. The van der Waals surface area contributed by atoms with Gasteiger partial charge >= 0.3 is 12.0 Å². The summed E-state index contributed by atoms with van der Waals surface area (Å²) in [6.45, 7) is 1.46. The van der Waals surface area contributed by atoms with E-state index in [1.54, 1.807) is 0 Å². The van der Waals surface area contributed by atoms with Crippen LogP contribution in [0.15, 0.2) is 23.4 Å².